The molecule has 0 aliphatic carbocycles. The predicted molar refractivity (Wildman–Crippen MR) is 155 cm³/mol. The van der Waals surface area contributed by atoms with Crippen molar-refractivity contribution in [3.05, 3.63) is 60.6 Å². The molecule has 2 aliphatic rings. The van der Waals surface area contributed by atoms with Crippen molar-refractivity contribution in [3.8, 4) is 23.0 Å². The average molecular weight is 543 g/mol. The molecule has 210 valence electrons. The normalized spacial score (nSPS) is 17.5. The number of ether oxygens (including phenoxy) is 1. The monoisotopic (exact) mass is 542 g/mol. The highest BCUT2D eigenvalue weighted by Gasteiger charge is 2.26. The third-order valence-corrected chi connectivity index (χ3v) is 8.35. The topological polar surface area (TPSA) is 79.9 Å². The van der Waals surface area contributed by atoms with Crippen molar-refractivity contribution in [1.82, 2.24) is 29.2 Å². The summed E-state index contributed by atoms with van der Waals surface area (Å²) in [5, 5.41) is 0. The number of benzene rings is 2. The minimum atomic E-state index is 0.172. The molecule has 0 atom stereocenters. The molecule has 0 unspecified atom stereocenters. The molecule has 2 aliphatic heterocycles. The van der Waals surface area contributed by atoms with E-state index >= 15 is 0 Å². The van der Waals surface area contributed by atoms with E-state index in [2.05, 4.69) is 21.8 Å². The lowest BCUT2D eigenvalue weighted by molar-refractivity contribution is -0.133. The smallest absolute Gasteiger partial charge is 0.308 e. The number of imidazole rings is 1. The fourth-order valence-electron chi connectivity index (χ4n) is 5.87. The summed E-state index contributed by atoms with van der Waals surface area (Å²) in [7, 11) is 3.86. The number of amides is 1. The highest BCUT2D eigenvalue weighted by atomic mass is 16.5. The molecule has 0 radical (unpaired) electrons. The molecule has 0 N–H and O–H groups in total. The standard InChI is InChI=1S/C31H38N6O3/c1-34-15-13-23(14-16-34)21-35-17-19-36(20-18-35)29(38)12-11-28-30(24-7-9-25(39-2)10-8-24)33-31(40-28)37-22-32-26-5-3-4-6-27(26)37/h3-10,22-23H,11-21H2,1-2H3. The third-order valence-electron chi connectivity index (χ3n) is 8.35. The minimum Gasteiger partial charge on any atom is -0.497 e. The molecule has 0 bridgehead atoms. The lowest BCUT2D eigenvalue weighted by atomic mass is 9.96. The van der Waals surface area contributed by atoms with Gasteiger partial charge in [0, 0.05) is 51.1 Å². The van der Waals surface area contributed by atoms with Gasteiger partial charge >= 0.3 is 6.01 Å². The molecule has 2 saturated heterocycles. The summed E-state index contributed by atoms with van der Waals surface area (Å²) in [4.78, 5) is 29.6. The molecule has 1 amide bonds. The van der Waals surface area contributed by atoms with Crippen LogP contribution >= 0.6 is 0 Å². The molecule has 4 aromatic rings. The molecule has 9 nitrogen and oxygen atoms in total. The lowest BCUT2D eigenvalue weighted by Crippen LogP contribution is -2.50. The van der Waals surface area contributed by atoms with E-state index in [4.69, 9.17) is 14.1 Å². The molecule has 2 aromatic heterocycles. The van der Waals surface area contributed by atoms with Crippen molar-refractivity contribution in [3.63, 3.8) is 0 Å². The number of oxazole rings is 1. The average Bonchev–Trinajstić information content (AvgIpc) is 3.62. The van der Waals surface area contributed by atoms with Gasteiger partial charge < -0.3 is 19.0 Å². The number of nitrogens with zero attached hydrogens (tertiary/aromatic N) is 6. The molecule has 40 heavy (non-hydrogen) atoms. The maximum atomic E-state index is 13.3. The number of carbonyl (C=O) groups is 1. The molecule has 9 heteroatoms. The van der Waals surface area contributed by atoms with Gasteiger partial charge in [0.1, 0.15) is 23.5 Å². The molecule has 2 fully saturated rings. The highest BCUT2D eigenvalue weighted by molar-refractivity contribution is 5.78. The number of hydrogen-bond donors (Lipinski definition) is 0. The first kappa shape index (κ1) is 26.5. The van der Waals surface area contributed by atoms with E-state index in [0.29, 0.717) is 24.6 Å². The van der Waals surface area contributed by atoms with Crippen LogP contribution in [0.2, 0.25) is 0 Å². The van der Waals surface area contributed by atoms with Crippen LogP contribution in [-0.4, -0.2) is 95.1 Å². The van der Waals surface area contributed by atoms with E-state index in [9.17, 15) is 4.79 Å². The van der Waals surface area contributed by atoms with Gasteiger partial charge in [-0.3, -0.25) is 14.3 Å². The molecule has 0 spiro atoms. The Kier molecular flexibility index (Phi) is 7.84. The fourth-order valence-corrected chi connectivity index (χ4v) is 5.87. The van der Waals surface area contributed by atoms with Gasteiger partial charge in [-0.05, 0) is 75.3 Å². The zero-order chi connectivity index (χ0) is 27.5. The van der Waals surface area contributed by atoms with Crippen molar-refractivity contribution in [1.29, 1.82) is 0 Å². The van der Waals surface area contributed by atoms with E-state index < -0.39 is 0 Å². The van der Waals surface area contributed by atoms with Crippen LogP contribution < -0.4 is 4.74 Å². The summed E-state index contributed by atoms with van der Waals surface area (Å²) in [6.45, 7) is 7.04. The number of methoxy groups -OCH3 is 1. The Bertz CT molecular complexity index is 1430. The van der Waals surface area contributed by atoms with E-state index in [1.165, 1.54) is 25.9 Å². The SMILES string of the molecule is COc1ccc(-c2nc(-n3cnc4ccccc43)oc2CCC(=O)N2CCN(CC3CCN(C)CC3)CC2)cc1. The van der Waals surface area contributed by atoms with Gasteiger partial charge in [0.2, 0.25) is 5.91 Å². The number of para-hydroxylation sites is 2. The summed E-state index contributed by atoms with van der Waals surface area (Å²) < 4.78 is 13.5. The third kappa shape index (κ3) is 5.76. The number of carbonyl (C=O) groups excluding carboxylic acids is 1. The van der Waals surface area contributed by atoms with Crippen molar-refractivity contribution in [2.24, 2.45) is 5.92 Å². The number of hydrogen-bond acceptors (Lipinski definition) is 7. The Hall–Kier alpha value is -3.69. The maximum absolute atomic E-state index is 13.3. The second-order valence-corrected chi connectivity index (χ2v) is 11.0. The number of fused-ring (bicyclic) bond motifs is 1. The first-order chi connectivity index (χ1) is 19.6. The first-order valence-corrected chi connectivity index (χ1v) is 14.3. The van der Waals surface area contributed by atoms with E-state index in [0.717, 1.165) is 66.7 Å². The van der Waals surface area contributed by atoms with Crippen molar-refractivity contribution >= 4 is 16.9 Å². The first-order valence-electron chi connectivity index (χ1n) is 14.3. The molecule has 0 saturated carbocycles. The van der Waals surface area contributed by atoms with Gasteiger partial charge in [-0.25, -0.2) is 4.98 Å². The largest absolute Gasteiger partial charge is 0.497 e. The minimum absolute atomic E-state index is 0.172. The number of aryl methyl sites for hydroxylation is 1. The van der Waals surface area contributed by atoms with Crippen LogP contribution in [0.1, 0.15) is 25.0 Å². The second kappa shape index (κ2) is 11.8. The molecule has 2 aromatic carbocycles. The quantitative estimate of drug-likeness (QED) is 0.332. The van der Waals surface area contributed by atoms with Crippen molar-refractivity contribution in [2.75, 3.05) is 60.0 Å². The summed E-state index contributed by atoms with van der Waals surface area (Å²) in [6.07, 6.45) is 5.15. The van der Waals surface area contributed by atoms with Gasteiger partial charge in [-0.1, -0.05) is 12.1 Å². The number of likely N-dealkylation sites (tertiary alicyclic amines) is 1. The summed E-state index contributed by atoms with van der Waals surface area (Å²) >= 11 is 0. The van der Waals surface area contributed by atoms with E-state index in [-0.39, 0.29) is 5.91 Å². The molecular formula is C31H38N6O3. The van der Waals surface area contributed by atoms with E-state index in [1.54, 1.807) is 13.4 Å². The Morgan fingerprint density at radius 3 is 2.50 bits per heavy atom. The molecular weight excluding hydrogens is 504 g/mol. The van der Waals surface area contributed by atoms with Crippen molar-refractivity contribution in [2.45, 2.75) is 25.7 Å². The number of piperidine rings is 1. The van der Waals surface area contributed by atoms with Gasteiger partial charge in [-0.15, -0.1) is 0 Å². The summed E-state index contributed by atoms with van der Waals surface area (Å²) in [6, 6.07) is 16.1. The number of piperazine rings is 1. The lowest BCUT2D eigenvalue weighted by Gasteiger charge is -2.38. The second-order valence-electron chi connectivity index (χ2n) is 11.0. The van der Waals surface area contributed by atoms with Gasteiger partial charge in [0.15, 0.2) is 0 Å². The van der Waals surface area contributed by atoms with E-state index in [1.807, 2.05) is 58.0 Å². The van der Waals surface area contributed by atoms with Crippen molar-refractivity contribution < 1.29 is 13.9 Å². The van der Waals surface area contributed by atoms with Crippen LogP contribution in [0.3, 0.4) is 0 Å². The van der Waals surface area contributed by atoms with Gasteiger partial charge in [0.25, 0.3) is 0 Å². The Labute approximate surface area is 235 Å². The Morgan fingerprint density at radius 2 is 1.75 bits per heavy atom. The highest BCUT2D eigenvalue weighted by Crippen LogP contribution is 2.30. The van der Waals surface area contributed by atoms with Crippen LogP contribution in [0.25, 0.3) is 28.3 Å². The summed E-state index contributed by atoms with van der Waals surface area (Å²) in [5.74, 6) is 2.43. The summed E-state index contributed by atoms with van der Waals surface area (Å²) in [5.41, 5.74) is 3.46. The fraction of sp³-hybridized carbons (Fsp3) is 0.452. The Balaban J connectivity index is 1.13. The van der Waals surface area contributed by atoms with Crippen LogP contribution in [0.5, 0.6) is 5.75 Å². The number of aromatic nitrogens is 3. The van der Waals surface area contributed by atoms with Gasteiger partial charge in [0.05, 0.1) is 18.1 Å². The van der Waals surface area contributed by atoms with Crippen LogP contribution in [0.4, 0.5) is 0 Å². The molecule has 4 heterocycles. The zero-order valence-electron chi connectivity index (χ0n) is 23.5. The number of rotatable bonds is 8. The van der Waals surface area contributed by atoms with Crippen LogP contribution in [0, 0.1) is 5.92 Å². The van der Waals surface area contributed by atoms with Crippen LogP contribution in [0.15, 0.2) is 59.3 Å². The Morgan fingerprint density at radius 1 is 1.00 bits per heavy atom. The van der Waals surface area contributed by atoms with Gasteiger partial charge in [-0.2, -0.15) is 4.98 Å². The maximum Gasteiger partial charge on any atom is 0.308 e. The van der Waals surface area contributed by atoms with Crippen LogP contribution in [-0.2, 0) is 11.2 Å². The molecule has 6 rings (SSSR count). The predicted octanol–water partition coefficient (Wildman–Crippen LogP) is 4.11. The zero-order valence-corrected chi connectivity index (χ0v) is 23.5.